The first-order chi connectivity index (χ1) is 12.5. The topological polar surface area (TPSA) is 66.9 Å². The molecule has 0 aliphatic heterocycles. The van der Waals surface area contributed by atoms with E-state index in [1.54, 1.807) is 24.3 Å². The van der Waals surface area contributed by atoms with Crippen molar-refractivity contribution in [3.05, 3.63) is 82.3 Å². The molecule has 2 N–H and O–H groups in total. The zero-order valence-corrected chi connectivity index (χ0v) is 15.3. The normalized spacial score (nSPS) is 10.4. The first-order valence-electron chi connectivity index (χ1n) is 8.20. The van der Waals surface area contributed by atoms with Crippen LogP contribution in [0.25, 0.3) is 0 Å². The second-order valence-corrected chi connectivity index (χ2v) is 6.48. The highest BCUT2D eigenvalue weighted by atomic mass is 35.5. The predicted molar refractivity (Wildman–Crippen MR) is 105 cm³/mol. The van der Waals surface area contributed by atoms with E-state index in [-0.39, 0.29) is 5.91 Å². The van der Waals surface area contributed by atoms with Crippen LogP contribution in [0.3, 0.4) is 0 Å². The zero-order valence-electron chi connectivity index (χ0n) is 14.6. The summed E-state index contributed by atoms with van der Waals surface area (Å²) in [5.74, 6) is 0.302. The Balaban J connectivity index is 1.69. The Morgan fingerprint density at radius 1 is 1.08 bits per heavy atom. The first-order valence-corrected chi connectivity index (χ1v) is 8.58. The molecule has 0 bridgehead atoms. The van der Waals surface area contributed by atoms with Gasteiger partial charge in [0.15, 0.2) is 0 Å². The van der Waals surface area contributed by atoms with Gasteiger partial charge in [0.1, 0.15) is 17.8 Å². The maximum absolute atomic E-state index is 12.5. The Kier molecular flexibility index (Phi) is 5.49. The van der Waals surface area contributed by atoms with Gasteiger partial charge in [0.2, 0.25) is 0 Å². The number of hydrogen-bond acceptors (Lipinski definition) is 4. The zero-order chi connectivity index (χ0) is 18.5. The van der Waals surface area contributed by atoms with E-state index in [4.69, 9.17) is 11.6 Å². The minimum atomic E-state index is -0.295. The number of hydrogen-bond donors (Lipinski definition) is 2. The number of carbonyl (C=O) groups excluding carboxylic acids is 1. The summed E-state index contributed by atoms with van der Waals surface area (Å²) in [5.41, 5.74) is 4.22. The Bertz CT molecular complexity index is 943. The third-order valence-corrected chi connectivity index (χ3v) is 4.13. The van der Waals surface area contributed by atoms with Crippen molar-refractivity contribution >= 4 is 29.0 Å². The molecule has 1 amide bonds. The van der Waals surface area contributed by atoms with Crippen LogP contribution in [0.15, 0.2) is 54.9 Å². The van der Waals surface area contributed by atoms with Gasteiger partial charge in [0, 0.05) is 23.3 Å². The van der Waals surface area contributed by atoms with Crippen molar-refractivity contribution in [1.29, 1.82) is 0 Å². The minimum Gasteiger partial charge on any atom is -0.366 e. The lowest BCUT2D eigenvalue weighted by atomic mass is 10.1. The first kappa shape index (κ1) is 17.9. The van der Waals surface area contributed by atoms with Gasteiger partial charge in [-0.25, -0.2) is 9.97 Å². The largest absolute Gasteiger partial charge is 0.366 e. The molecule has 1 heterocycles. The minimum absolute atomic E-state index is 0.293. The number of aromatic nitrogens is 2. The van der Waals surface area contributed by atoms with Gasteiger partial charge in [-0.2, -0.15) is 0 Å². The molecule has 0 unspecified atom stereocenters. The van der Waals surface area contributed by atoms with Crippen LogP contribution in [0.1, 0.15) is 27.2 Å². The standard InChI is InChI=1S/C20H19ClN4O/c1-13-4-3-5-15(8-13)11-22-19-10-18(23-12-24-19)20(26)25-17-7-6-16(21)9-14(17)2/h3-10,12H,11H2,1-2H3,(H,25,26)(H,22,23,24). The van der Waals surface area contributed by atoms with Crippen LogP contribution < -0.4 is 10.6 Å². The van der Waals surface area contributed by atoms with Crippen LogP contribution in [0.5, 0.6) is 0 Å². The number of nitrogens with one attached hydrogen (secondary N) is 2. The van der Waals surface area contributed by atoms with Crippen molar-refractivity contribution in [2.75, 3.05) is 10.6 Å². The summed E-state index contributed by atoms with van der Waals surface area (Å²) in [6.07, 6.45) is 1.38. The van der Waals surface area contributed by atoms with Crippen LogP contribution >= 0.6 is 11.6 Å². The number of amides is 1. The summed E-state index contributed by atoms with van der Waals surface area (Å²) >= 11 is 5.94. The van der Waals surface area contributed by atoms with Gasteiger partial charge in [0.05, 0.1) is 0 Å². The molecule has 0 spiro atoms. The molecule has 5 nitrogen and oxygen atoms in total. The number of rotatable bonds is 5. The fraction of sp³-hybridized carbons (Fsp3) is 0.150. The Morgan fingerprint density at radius 3 is 2.69 bits per heavy atom. The van der Waals surface area contributed by atoms with Crippen LogP contribution in [-0.4, -0.2) is 15.9 Å². The average Bonchev–Trinajstić information content (AvgIpc) is 2.62. The molecule has 0 aliphatic rings. The highest BCUT2D eigenvalue weighted by molar-refractivity contribution is 6.30. The summed E-state index contributed by atoms with van der Waals surface area (Å²) < 4.78 is 0. The van der Waals surface area contributed by atoms with Gasteiger partial charge < -0.3 is 10.6 Å². The van der Waals surface area contributed by atoms with Crippen LogP contribution in [-0.2, 0) is 6.54 Å². The van der Waals surface area contributed by atoms with E-state index < -0.39 is 0 Å². The van der Waals surface area contributed by atoms with E-state index in [2.05, 4.69) is 39.7 Å². The molecule has 0 aliphatic carbocycles. The summed E-state index contributed by atoms with van der Waals surface area (Å²) in [5, 5.41) is 6.69. The molecule has 0 radical (unpaired) electrons. The van der Waals surface area contributed by atoms with Crippen molar-refractivity contribution in [2.45, 2.75) is 20.4 Å². The number of halogens is 1. The van der Waals surface area contributed by atoms with E-state index in [1.165, 1.54) is 11.9 Å². The summed E-state index contributed by atoms with van der Waals surface area (Å²) in [7, 11) is 0. The molecule has 0 fully saturated rings. The molecule has 0 saturated carbocycles. The summed E-state index contributed by atoms with van der Waals surface area (Å²) in [4.78, 5) is 20.7. The van der Waals surface area contributed by atoms with Crippen molar-refractivity contribution in [3.63, 3.8) is 0 Å². The Hall–Kier alpha value is -2.92. The number of carbonyl (C=O) groups is 1. The van der Waals surface area contributed by atoms with Crippen molar-refractivity contribution < 1.29 is 4.79 Å². The smallest absolute Gasteiger partial charge is 0.274 e. The van der Waals surface area contributed by atoms with Crippen LogP contribution in [0.2, 0.25) is 5.02 Å². The summed E-state index contributed by atoms with van der Waals surface area (Å²) in [6.45, 7) is 4.56. The second kappa shape index (κ2) is 7.97. The van der Waals surface area contributed by atoms with E-state index in [0.717, 1.165) is 11.1 Å². The monoisotopic (exact) mass is 366 g/mol. The molecule has 3 rings (SSSR count). The van der Waals surface area contributed by atoms with Gasteiger partial charge in [-0.1, -0.05) is 41.4 Å². The lowest BCUT2D eigenvalue weighted by Gasteiger charge is -2.10. The molecule has 1 aromatic heterocycles. The molecule has 132 valence electrons. The van der Waals surface area contributed by atoms with E-state index in [1.807, 2.05) is 19.1 Å². The molecule has 3 aromatic rings. The molecular formula is C20H19ClN4O. The molecular weight excluding hydrogens is 348 g/mol. The van der Waals surface area contributed by atoms with Gasteiger partial charge in [0.25, 0.3) is 5.91 Å². The lowest BCUT2D eigenvalue weighted by molar-refractivity contribution is 0.102. The quantitative estimate of drug-likeness (QED) is 0.691. The SMILES string of the molecule is Cc1cccc(CNc2cc(C(=O)Nc3ccc(Cl)cc3C)ncn2)c1. The van der Waals surface area contributed by atoms with E-state index in [9.17, 15) is 4.79 Å². The second-order valence-electron chi connectivity index (χ2n) is 6.04. The number of aryl methyl sites for hydroxylation is 2. The van der Waals surface area contributed by atoms with E-state index in [0.29, 0.717) is 28.8 Å². The fourth-order valence-electron chi connectivity index (χ4n) is 2.55. The number of benzene rings is 2. The highest BCUT2D eigenvalue weighted by Crippen LogP contribution is 2.20. The molecule has 2 aromatic carbocycles. The lowest BCUT2D eigenvalue weighted by Crippen LogP contribution is -2.15. The maximum Gasteiger partial charge on any atom is 0.274 e. The maximum atomic E-state index is 12.5. The van der Waals surface area contributed by atoms with Crippen molar-refractivity contribution in [1.82, 2.24) is 9.97 Å². The fourth-order valence-corrected chi connectivity index (χ4v) is 2.77. The van der Waals surface area contributed by atoms with Gasteiger partial charge in [-0.15, -0.1) is 0 Å². The predicted octanol–water partition coefficient (Wildman–Crippen LogP) is 4.61. The molecule has 6 heteroatoms. The Morgan fingerprint density at radius 2 is 1.92 bits per heavy atom. The third kappa shape index (κ3) is 4.58. The van der Waals surface area contributed by atoms with Gasteiger partial charge in [-0.3, -0.25) is 4.79 Å². The Labute approximate surface area is 157 Å². The van der Waals surface area contributed by atoms with Crippen molar-refractivity contribution in [3.8, 4) is 0 Å². The molecule has 0 saturated heterocycles. The van der Waals surface area contributed by atoms with E-state index >= 15 is 0 Å². The van der Waals surface area contributed by atoms with Gasteiger partial charge in [-0.05, 0) is 43.2 Å². The third-order valence-electron chi connectivity index (χ3n) is 3.89. The molecule has 26 heavy (non-hydrogen) atoms. The van der Waals surface area contributed by atoms with Gasteiger partial charge >= 0.3 is 0 Å². The highest BCUT2D eigenvalue weighted by Gasteiger charge is 2.11. The number of anilines is 2. The van der Waals surface area contributed by atoms with Crippen molar-refractivity contribution in [2.24, 2.45) is 0 Å². The number of nitrogens with zero attached hydrogens (tertiary/aromatic N) is 2. The van der Waals surface area contributed by atoms with Crippen LogP contribution in [0, 0.1) is 13.8 Å². The van der Waals surface area contributed by atoms with Crippen LogP contribution in [0.4, 0.5) is 11.5 Å². The average molecular weight is 367 g/mol. The summed E-state index contributed by atoms with van der Waals surface area (Å²) in [6, 6.07) is 15.1. The molecule has 0 atom stereocenters.